The number of ether oxygens (including phenoxy) is 3. The van der Waals surface area contributed by atoms with Gasteiger partial charge in [-0.05, 0) is 39.0 Å². The Balaban J connectivity index is 2.39. The van der Waals surface area contributed by atoms with Gasteiger partial charge >= 0.3 is 5.97 Å². The van der Waals surface area contributed by atoms with Gasteiger partial charge in [0.2, 0.25) is 0 Å². The first-order chi connectivity index (χ1) is 10.4. The van der Waals surface area contributed by atoms with Crippen LogP contribution in [-0.4, -0.2) is 36.0 Å². The molecule has 1 N–H and O–H groups in total. The number of benzene rings is 1. The molecule has 0 atom stereocenters. The molecule has 1 aromatic carbocycles. The van der Waals surface area contributed by atoms with E-state index >= 15 is 0 Å². The third-order valence-electron chi connectivity index (χ3n) is 2.92. The van der Waals surface area contributed by atoms with Gasteiger partial charge in [-0.1, -0.05) is 0 Å². The van der Waals surface area contributed by atoms with Crippen molar-refractivity contribution < 1.29 is 19.0 Å². The van der Waals surface area contributed by atoms with Crippen molar-refractivity contribution in [1.29, 1.82) is 0 Å². The van der Waals surface area contributed by atoms with Gasteiger partial charge in [-0.15, -0.1) is 0 Å². The van der Waals surface area contributed by atoms with Crippen LogP contribution in [0.1, 0.15) is 31.1 Å². The quantitative estimate of drug-likeness (QED) is 0.879. The van der Waals surface area contributed by atoms with Crippen molar-refractivity contribution in [2.75, 3.05) is 14.2 Å². The van der Waals surface area contributed by atoms with Gasteiger partial charge in [-0.25, -0.2) is 4.79 Å². The van der Waals surface area contributed by atoms with Crippen molar-refractivity contribution in [1.82, 2.24) is 10.2 Å². The highest BCUT2D eigenvalue weighted by molar-refractivity contribution is 5.96. The van der Waals surface area contributed by atoms with E-state index < -0.39 is 11.6 Å². The molecule has 0 amide bonds. The molecule has 1 heterocycles. The molecule has 0 aliphatic rings. The third kappa shape index (κ3) is 3.39. The largest absolute Gasteiger partial charge is 0.493 e. The molecule has 6 heteroatoms. The van der Waals surface area contributed by atoms with Crippen molar-refractivity contribution in [3.05, 3.63) is 30.0 Å². The summed E-state index contributed by atoms with van der Waals surface area (Å²) in [6.45, 7) is 5.46. The molecule has 0 aliphatic heterocycles. The predicted molar refractivity (Wildman–Crippen MR) is 82.3 cm³/mol. The molecule has 2 aromatic rings. The van der Waals surface area contributed by atoms with Gasteiger partial charge in [0.25, 0.3) is 0 Å². The summed E-state index contributed by atoms with van der Waals surface area (Å²) in [5.74, 6) is 0.754. The normalized spacial score (nSPS) is 11.1. The highest BCUT2D eigenvalue weighted by atomic mass is 16.6. The van der Waals surface area contributed by atoms with Crippen LogP contribution in [0.5, 0.6) is 11.5 Å². The lowest BCUT2D eigenvalue weighted by atomic mass is 10.1. The lowest BCUT2D eigenvalue weighted by molar-refractivity contribution is 0.00705. The summed E-state index contributed by atoms with van der Waals surface area (Å²) < 4.78 is 15.9. The number of rotatable bonds is 4. The van der Waals surface area contributed by atoms with Gasteiger partial charge in [-0.3, -0.25) is 5.10 Å². The Hall–Kier alpha value is -2.50. The first-order valence-electron chi connectivity index (χ1n) is 6.85. The zero-order valence-corrected chi connectivity index (χ0v) is 13.4. The predicted octanol–water partition coefficient (Wildman–Crippen LogP) is 3.05. The smallest absolute Gasteiger partial charge is 0.342 e. The minimum atomic E-state index is -0.566. The van der Waals surface area contributed by atoms with E-state index in [2.05, 4.69) is 10.2 Å². The second kappa shape index (κ2) is 6.09. The Bertz CT molecular complexity index is 671. The number of hydrogen-bond donors (Lipinski definition) is 1. The van der Waals surface area contributed by atoms with Gasteiger partial charge < -0.3 is 14.2 Å². The van der Waals surface area contributed by atoms with Gasteiger partial charge in [0.15, 0.2) is 11.5 Å². The fraction of sp³-hybridized carbons (Fsp3) is 0.375. The minimum absolute atomic E-state index is 0.377. The molecule has 0 bridgehead atoms. The van der Waals surface area contributed by atoms with Crippen LogP contribution < -0.4 is 9.47 Å². The lowest BCUT2D eigenvalue weighted by Gasteiger charge is -2.19. The van der Waals surface area contributed by atoms with Crippen LogP contribution in [0.2, 0.25) is 0 Å². The van der Waals surface area contributed by atoms with E-state index in [1.54, 1.807) is 26.4 Å². The molecule has 0 aliphatic carbocycles. The number of aromatic amines is 1. The molecule has 0 saturated carbocycles. The zero-order chi connectivity index (χ0) is 16.3. The maximum atomic E-state index is 12.3. The van der Waals surface area contributed by atoms with Crippen LogP contribution in [0.4, 0.5) is 0 Å². The summed E-state index contributed by atoms with van der Waals surface area (Å²) >= 11 is 0. The maximum absolute atomic E-state index is 12.3. The fourth-order valence-electron chi connectivity index (χ4n) is 1.98. The monoisotopic (exact) mass is 304 g/mol. The molecule has 6 nitrogen and oxygen atoms in total. The van der Waals surface area contributed by atoms with Crippen LogP contribution in [0.25, 0.3) is 11.3 Å². The first kappa shape index (κ1) is 15.9. The van der Waals surface area contributed by atoms with E-state index in [0.717, 1.165) is 5.56 Å². The number of nitrogens with one attached hydrogen (secondary N) is 1. The Morgan fingerprint density at radius 1 is 1.14 bits per heavy atom. The zero-order valence-electron chi connectivity index (χ0n) is 13.4. The topological polar surface area (TPSA) is 73.4 Å². The molecular weight excluding hydrogens is 284 g/mol. The van der Waals surface area contributed by atoms with E-state index in [1.165, 1.54) is 6.20 Å². The van der Waals surface area contributed by atoms with Crippen LogP contribution in [-0.2, 0) is 4.74 Å². The van der Waals surface area contributed by atoms with Crippen LogP contribution in [0.15, 0.2) is 24.4 Å². The number of hydrogen-bond acceptors (Lipinski definition) is 5. The van der Waals surface area contributed by atoms with Gasteiger partial charge in [0.05, 0.1) is 14.2 Å². The number of aromatic nitrogens is 2. The van der Waals surface area contributed by atoms with Crippen molar-refractivity contribution in [3.63, 3.8) is 0 Å². The van der Waals surface area contributed by atoms with E-state index in [0.29, 0.717) is 22.8 Å². The number of carbonyl (C=O) groups excluding carboxylic acids is 1. The number of carbonyl (C=O) groups is 1. The molecular formula is C16H20N2O4. The van der Waals surface area contributed by atoms with Gasteiger partial charge in [-0.2, -0.15) is 5.10 Å². The number of esters is 1. The Kier molecular flexibility index (Phi) is 4.40. The molecule has 0 unspecified atom stereocenters. The van der Waals surface area contributed by atoms with Crippen molar-refractivity contribution in [3.8, 4) is 22.8 Å². The molecule has 0 saturated heterocycles. The van der Waals surface area contributed by atoms with E-state index in [9.17, 15) is 4.79 Å². The summed E-state index contributed by atoms with van der Waals surface area (Å²) in [6, 6.07) is 5.34. The van der Waals surface area contributed by atoms with Gasteiger partial charge in [0, 0.05) is 11.8 Å². The number of nitrogens with zero attached hydrogens (tertiary/aromatic N) is 1. The molecule has 22 heavy (non-hydrogen) atoms. The molecule has 0 radical (unpaired) electrons. The lowest BCUT2D eigenvalue weighted by Crippen LogP contribution is -2.24. The molecule has 118 valence electrons. The van der Waals surface area contributed by atoms with Crippen LogP contribution in [0, 0.1) is 0 Å². The van der Waals surface area contributed by atoms with E-state index in [4.69, 9.17) is 14.2 Å². The van der Waals surface area contributed by atoms with Gasteiger partial charge in [0.1, 0.15) is 16.9 Å². The Morgan fingerprint density at radius 2 is 1.82 bits per heavy atom. The van der Waals surface area contributed by atoms with Crippen LogP contribution in [0.3, 0.4) is 0 Å². The van der Waals surface area contributed by atoms with E-state index in [1.807, 2.05) is 26.8 Å². The highest BCUT2D eigenvalue weighted by Gasteiger charge is 2.23. The molecule has 2 rings (SSSR count). The standard InChI is InChI=1S/C16H20N2O4/c1-16(2,3)22-15(19)11-9-17-18-14(11)10-6-7-12(20-4)13(8-10)21-5/h6-9H,1-5H3,(H,17,18). The van der Waals surface area contributed by atoms with Crippen molar-refractivity contribution in [2.45, 2.75) is 26.4 Å². The van der Waals surface area contributed by atoms with E-state index in [-0.39, 0.29) is 0 Å². The average Bonchev–Trinajstić information content (AvgIpc) is 2.94. The number of H-pyrrole nitrogens is 1. The maximum Gasteiger partial charge on any atom is 0.342 e. The molecule has 0 fully saturated rings. The SMILES string of the molecule is COc1ccc(-c2n[nH]cc2C(=O)OC(C)(C)C)cc1OC. The number of methoxy groups -OCH3 is 2. The molecule has 0 spiro atoms. The third-order valence-corrected chi connectivity index (χ3v) is 2.92. The first-order valence-corrected chi connectivity index (χ1v) is 6.85. The molecule has 1 aromatic heterocycles. The average molecular weight is 304 g/mol. The summed E-state index contributed by atoms with van der Waals surface area (Å²) in [5.41, 5.74) is 1.06. The Labute approximate surface area is 129 Å². The summed E-state index contributed by atoms with van der Waals surface area (Å²) in [4.78, 5) is 12.3. The van der Waals surface area contributed by atoms with Crippen molar-refractivity contribution in [2.24, 2.45) is 0 Å². The Morgan fingerprint density at radius 3 is 2.41 bits per heavy atom. The second-order valence-electron chi connectivity index (χ2n) is 5.72. The second-order valence-corrected chi connectivity index (χ2v) is 5.72. The summed E-state index contributed by atoms with van der Waals surface area (Å²) in [6.07, 6.45) is 1.53. The highest BCUT2D eigenvalue weighted by Crippen LogP contribution is 2.33. The fourth-order valence-corrected chi connectivity index (χ4v) is 1.98. The van der Waals surface area contributed by atoms with Crippen molar-refractivity contribution >= 4 is 5.97 Å². The summed E-state index contributed by atoms with van der Waals surface area (Å²) in [5, 5.41) is 6.85. The van der Waals surface area contributed by atoms with Crippen LogP contribution >= 0.6 is 0 Å². The minimum Gasteiger partial charge on any atom is -0.493 e. The summed E-state index contributed by atoms with van der Waals surface area (Å²) in [7, 11) is 3.12.